The van der Waals surface area contributed by atoms with Gasteiger partial charge in [-0.25, -0.2) is 9.69 Å². The van der Waals surface area contributed by atoms with Crippen molar-refractivity contribution in [3.05, 3.63) is 53.8 Å². The number of carbonyl (C=O) groups excluding carboxylic acids is 1. The number of nitriles is 1. The maximum absolute atomic E-state index is 11.8. The summed E-state index contributed by atoms with van der Waals surface area (Å²) in [4.78, 5) is 17.4. The van der Waals surface area contributed by atoms with Gasteiger partial charge in [-0.05, 0) is 62.9 Å². The number of pyridine rings is 1. The smallest absolute Gasteiger partial charge is 0.494 e. The molecule has 0 amide bonds. The second kappa shape index (κ2) is 20.4. The molecule has 2 aromatic rings. The number of ether oxygens (including phenoxy) is 3. The fourth-order valence-corrected chi connectivity index (χ4v) is 3.88. The van der Waals surface area contributed by atoms with Crippen LogP contribution in [0.2, 0.25) is 5.02 Å². The molecule has 40 heavy (non-hydrogen) atoms. The van der Waals surface area contributed by atoms with E-state index in [-0.39, 0.29) is 12.7 Å². The van der Waals surface area contributed by atoms with Gasteiger partial charge in [-0.1, -0.05) is 43.7 Å². The fourth-order valence-electron chi connectivity index (χ4n) is 3.76. The van der Waals surface area contributed by atoms with Crippen molar-refractivity contribution in [3.63, 3.8) is 0 Å². The third-order valence-electron chi connectivity index (χ3n) is 6.02. The highest BCUT2D eigenvalue weighted by Gasteiger charge is 2.13. The van der Waals surface area contributed by atoms with Crippen molar-refractivity contribution in [3.8, 4) is 11.9 Å². The molecule has 0 radical (unpaired) electrons. The SMILES string of the molecule is N#CN(C(N)=NCCCCCCOc1ccc(Cl)cc1)c1cc[n+](COC(=O)OCCCCCCCCN)cc1. The van der Waals surface area contributed by atoms with Gasteiger partial charge in [0, 0.05) is 23.7 Å². The highest BCUT2D eigenvalue weighted by molar-refractivity contribution is 6.30. The summed E-state index contributed by atoms with van der Waals surface area (Å²) in [5.41, 5.74) is 12.1. The molecule has 0 aliphatic heterocycles. The Balaban J connectivity index is 1.60. The highest BCUT2D eigenvalue weighted by Crippen LogP contribution is 2.16. The molecule has 0 aliphatic rings. The number of aliphatic imine (C=N–C) groups is 1. The molecule has 0 saturated heterocycles. The molecule has 2 rings (SSSR count). The summed E-state index contributed by atoms with van der Waals surface area (Å²) in [5.74, 6) is 0.941. The minimum absolute atomic E-state index is 0.000926. The lowest BCUT2D eigenvalue weighted by Crippen LogP contribution is -2.37. The van der Waals surface area contributed by atoms with E-state index in [1.54, 1.807) is 41.2 Å². The number of guanidine groups is 1. The van der Waals surface area contributed by atoms with Gasteiger partial charge >= 0.3 is 6.16 Å². The molecule has 0 aliphatic carbocycles. The molecule has 0 saturated carbocycles. The monoisotopic (exact) mass is 573 g/mol. The van der Waals surface area contributed by atoms with Crippen molar-refractivity contribution >= 4 is 29.4 Å². The fraction of sp³-hybridized carbons (Fsp3) is 0.517. The summed E-state index contributed by atoms with van der Waals surface area (Å²) in [5, 5.41) is 10.3. The third-order valence-corrected chi connectivity index (χ3v) is 6.27. The molecule has 0 fully saturated rings. The first kappa shape index (κ1) is 32.7. The van der Waals surface area contributed by atoms with Gasteiger partial charge in [0.05, 0.1) is 18.9 Å². The van der Waals surface area contributed by atoms with E-state index in [0.29, 0.717) is 30.5 Å². The Hall–Kier alpha value is -3.55. The van der Waals surface area contributed by atoms with Crippen molar-refractivity contribution in [2.45, 2.75) is 70.9 Å². The number of hydrogen-bond donors (Lipinski definition) is 2. The summed E-state index contributed by atoms with van der Waals surface area (Å²) in [6.45, 7) is 2.25. The zero-order valence-electron chi connectivity index (χ0n) is 23.2. The van der Waals surface area contributed by atoms with E-state index in [4.69, 9.17) is 37.3 Å². The topological polar surface area (TPSA) is 140 Å². The standard InChI is InChI=1S/C29H42ClN6O4/c30-25-11-13-27(14-12-25)38-21-9-6-4-8-18-34-28(33)36(23-32)26-15-19-35(20-16-26)24-40-29(37)39-22-10-5-2-1-3-7-17-31/h11-16,19-20H,1-10,17-18,21-22,24,31H2,(H2,33,34)/q+1. The minimum Gasteiger partial charge on any atom is -0.494 e. The van der Waals surface area contributed by atoms with Gasteiger partial charge in [-0.15, -0.1) is 0 Å². The molecule has 0 atom stereocenters. The molecule has 11 heteroatoms. The average Bonchev–Trinajstić information content (AvgIpc) is 2.96. The van der Waals surface area contributed by atoms with Gasteiger partial charge in [0.1, 0.15) is 5.75 Å². The lowest BCUT2D eigenvalue weighted by atomic mass is 10.1. The number of benzene rings is 1. The van der Waals surface area contributed by atoms with Gasteiger partial charge in [0.2, 0.25) is 5.96 Å². The van der Waals surface area contributed by atoms with Crippen molar-refractivity contribution in [2.75, 3.05) is 31.2 Å². The first-order valence-electron chi connectivity index (χ1n) is 13.9. The molecule has 4 N–H and O–H groups in total. The molecule has 0 spiro atoms. The maximum Gasteiger partial charge on any atom is 0.513 e. The summed E-state index contributed by atoms with van der Waals surface area (Å²) >= 11 is 5.87. The van der Waals surface area contributed by atoms with E-state index in [9.17, 15) is 10.1 Å². The van der Waals surface area contributed by atoms with E-state index in [1.807, 2.05) is 12.1 Å². The van der Waals surface area contributed by atoms with Crippen LogP contribution in [0.4, 0.5) is 10.5 Å². The summed E-state index contributed by atoms with van der Waals surface area (Å²) < 4.78 is 17.6. The Morgan fingerprint density at radius 2 is 1.52 bits per heavy atom. The average molecular weight is 574 g/mol. The Morgan fingerprint density at radius 1 is 0.900 bits per heavy atom. The number of nitrogens with zero attached hydrogens (tertiary/aromatic N) is 4. The Bertz CT molecular complexity index is 1040. The van der Waals surface area contributed by atoms with Gasteiger partial charge in [0.25, 0.3) is 6.73 Å². The number of nitrogens with two attached hydrogens (primary N) is 2. The lowest BCUT2D eigenvalue weighted by molar-refractivity contribution is -0.727. The number of rotatable bonds is 19. The van der Waals surface area contributed by atoms with Crippen LogP contribution >= 0.6 is 11.6 Å². The molecule has 1 aromatic carbocycles. The number of aromatic nitrogens is 1. The van der Waals surface area contributed by atoms with Gasteiger partial charge in [-0.2, -0.15) is 9.83 Å². The predicted molar refractivity (Wildman–Crippen MR) is 156 cm³/mol. The minimum atomic E-state index is -0.705. The van der Waals surface area contributed by atoms with Gasteiger partial charge in [0.15, 0.2) is 18.6 Å². The van der Waals surface area contributed by atoms with Crippen LogP contribution in [0.3, 0.4) is 0 Å². The maximum atomic E-state index is 11.8. The Labute approximate surface area is 242 Å². The van der Waals surface area contributed by atoms with Crippen LogP contribution in [-0.4, -0.2) is 38.4 Å². The Morgan fingerprint density at radius 3 is 2.20 bits per heavy atom. The number of hydrogen-bond acceptors (Lipinski definition) is 7. The predicted octanol–water partition coefficient (Wildman–Crippen LogP) is 5.28. The Kier molecular flexibility index (Phi) is 16.6. The first-order chi connectivity index (χ1) is 19.5. The van der Waals surface area contributed by atoms with Gasteiger partial charge < -0.3 is 25.7 Å². The van der Waals surface area contributed by atoms with Crippen molar-refractivity contribution in [1.82, 2.24) is 0 Å². The summed E-state index contributed by atoms with van der Waals surface area (Å²) in [6.07, 6.45) is 14.8. The summed E-state index contributed by atoms with van der Waals surface area (Å²) in [6, 6.07) is 10.7. The van der Waals surface area contributed by atoms with Crippen molar-refractivity contribution in [2.24, 2.45) is 16.5 Å². The lowest BCUT2D eigenvalue weighted by Gasteiger charge is -2.13. The van der Waals surface area contributed by atoms with Crippen LogP contribution < -0.4 is 25.7 Å². The van der Waals surface area contributed by atoms with Gasteiger partial charge in [-0.3, -0.25) is 4.99 Å². The molecule has 218 valence electrons. The van der Waals surface area contributed by atoms with E-state index >= 15 is 0 Å². The van der Waals surface area contributed by atoms with Crippen LogP contribution in [-0.2, 0) is 16.2 Å². The van der Waals surface area contributed by atoms with Crippen LogP contribution in [0.5, 0.6) is 5.75 Å². The molecular formula is C29H42ClN6O4+. The van der Waals surface area contributed by atoms with E-state index < -0.39 is 6.16 Å². The van der Waals surface area contributed by atoms with E-state index in [2.05, 4.69) is 11.2 Å². The quantitative estimate of drug-likeness (QED) is 0.0440. The zero-order chi connectivity index (χ0) is 28.8. The van der Waals surface area contributed by atoms with Crippen LogP contribution in [0.15, 0.2) is 53.8 Å². The molecule has 1 heterocycles. The highest BCUT2D eigenvalue weighted by atomic mass is 35.5. The van der Waals surface area contributed by atoms with Crippen LogP contribution in [0.1, 0.15) is 64.2 Å². The molecular weight excluding hydrogens is 532 g/mol. The third kappa shape index (κ3) is 14.0. The van der Waals surface area contributed by atoms with E-state index in [0.717, 1.165) is 76.5 Å². The molecule has 1 aromatic heterocycles. The van der Waals surface area contributed by atoms with Crippen LogP contribution in [0.25, 0.3) is 0 Å². The number of carbonyl (C=O) groups is 1. The molecule has 0 unspecified atom stereocenters. The zero-order valence-corrected chi connectivity index (χ0v) is 23.9. The summed E-state index contributed by atoms with van der Waals surface area (Å²) in [7, 11) is 0. The largest absolute Gasteiger partial charge is 0.513 e. The first-order valence-corrected chi connectivity index (χ1v) is 14.3. The molecule has 10 nitrogen and oxygen atoms in total. The number of halogens is 1. The second-order valence-corrected chi connectivity index (χ2v) is 9.68. The number of unbranched alkanes of at least 4 members (excludes halogenated alkanes) is 8. The van der Waals surface area contributed by atoms with E-state index in [1.165, 1.54) is 4.90 Å². The number of anilines is 1. The van der Waals surface area contributed by atoms with Crippen molar-refractivity contribution in [1.29, 1.82) is 5.26 Å². The second-order valence-electron chi connectivity index (χ2n) is 9.24. The normalized spacial score (nSPS) is 11.1. The molecule has 0 bridgehead atoms. The van der Waals surface area contributed by atoms with Crippen molar-refractivity contribution < 1.29 is 23.6 Å². The van der Waals surface area contributed by atoms with Crippen LogP contribution in [0, 0.1) is 11.5 Å².